The van der Waals surface area contributed by atoms with Gasteiger partial charge >= 0.3 is 0 Å². The van der Waals surface area contributed by atoms with Gasteiger partial charge in [0.15, 0.2) is 0 Å². The Kier molecular flexibility index (Phi) is 7.87. The molecule has 2 aromatic carbocycles. The monoisotopic (exact) mass is 485 g/mol. The highest BCUT2D eigenvalue weighted by atomic mass is 32.2. The van der Waals surface area contributed by atoms with E-state index in [1.165, 1.54) is 16.8 Å². The number of rotatable bonds is 7. The highest BCUT2D eigenvalue weighted by molar-refractivity contribution is 7.89. The van der Waals surface area contributed by atoms with Crippen molar-refractivity contribution in [2.24, 2.45) is 0 Å². The maximum Gasteiger partial charge on any atom is 0.248 e. The van der Waals surface area contributed by atoms with Crippen molar-refractivity contribution in [3.05, 3.63) is 54.1 Å². The molecule has 0 spiro atoms. The molecule has 0 aromatic heterocycles. The van der Waals surface area contributed by atoms with Crippen LogP contribution in [-0.4, -0.2) is 65.1 Å². The van der Waals surface area contributed by atoms with Crippen molar-refractivity contribution in [2.45, 2.75) is 24.2 Å². The second-order valence-corrected chi connectivity index (χ2v) is 10.3. The Morgan fingerprint density at radius 2 is 1.79 bits per heavy atom. The van der Waals surface area contributed by atoms with Gasteiger partial charge in [-0.3, -0.25) is 4.79 Å². The van der Waals surface area contributed by atoms with Gasteiger partial charge in [0, 0.05) is 32.3 Å². The number of benzene rings is 2. The molecule has 182 valence electrons. The molecule has 0 radical (unpaired) electrons. The van der Waals surface area contributed by atoms with E-state index in [-0.39, 0.29) is 10.8 Å². The van der Waals surface area contributed by atoms with Crippen LogP contribution in [0.1, 0.15) is 24.8 Å². The van der Waals surface area contributed by atoms with Gasteiger partial charge in [0.25, 0.3) is 0 Å². The molecule has 0 atom stereocenters. The van der Waals surface area contributed by atoms with Crippen LogP contribution in [0.5, 0.6) is 5.75 Å². The average molecular weight is 486 g/mol. The fraction of sp³-hybridized carbons (Fsp3) is 0.400. The third-order valence-electron chi connectivity index (χ3n) is 6.05. The molecule has 9 heteroatoms. The van der Waals surface area contributed by atoms with Crippen molar-refractivity contribution in [1.82, 2.24) is 4.31 Å². The first-order chi connectivity index (χ1) is 16.5. The van der Waals surface area contributed by atoms with E-state index in [9.17, 15) is 13.2 Å². The molecule has 1 amide bonds. The van der Waals surface area contributed by atoms with Crippen LogP contribution in [-0.2, 0) is 19.6 Å². The van der Waals surface area contributed by atoms with E-state index < -0.39 is 10.0 Å². The van der Waals surface area contributed by atoms with E-state index in [1.807, 2.05) is 24.3 Å². The molecule has 0 aliphatic carbocycles. The van der Waals surface area contributed by atoms with Gasteiger partial charge in [0.05, 0.1) is 36.6 Å². The Labute approximate surface area is 201 Å². The summed E-state index contributed by atoms with van der Waals surface area (Å²) in [7, 11) is -2.09. The van der Waals surface area contributed by atoms with E-state index in [4.69, 9.17) is 9.47 Å². The third-order valence-corrected chi connectivity index (χ3v) is 7.95. The molecule has 2 aromatic rings. The van der Waals surface area contributed by atoms with Gasteiger partial charge in [0.1, 0.15) is 5.75 Å². The van der Waals surface area contributed by atoms with Crippen LogP contribution < -0.4 is 15.0 Å². The minimum atomic E-state index is -3.68. The number of sulfonamides is 1. The molecule has 34 heavy (non-hydrogen) atoms. The number of nitrogens with one attached hydrogen (secondary N) is 1. The number of carbonyl (C=O) groups is 1. The Bertz CT molecular complexity index is 1140. The summed E-state index contributed by atoms with van der Waals surface area (Å²) in [6.07, 6.45) is 6.45. The van der Waals surface area contributed by atoms with Crippen molar-refractivity contribution in [3.63, 3.8) is 0 Å². The summed E-state index contributed by atoms with van der Waals surface area (Å²) in [6.45, 7) is 3.14. The van der Waals surface area contributed by atoms with E-state index in [1.54, 1.807) is 31.4 Å². The van der Waals surface area contributed by atoms with Crippen molar-refractivity contribution in [2.75, 3.05) is 56.7 Å². The van der Waals surface area contributed by atoms with E-state index in [0.717, 1.165) is 37.2 Å². The Balaban J connectivity index is 1.60. The van der Waals surface area contributed by atoms with E-state index >= 15 is 0 Å². The number of hydrogen-bond donors (Lipinski definition) is 1. The first-order valence-electron chi connectivity index (χ1n) is 11.6. The van der Waals surface area contributed by atoms with Crippen LogP contribution in [0.2, 0.25) is 0 Å². The van der Waals surface area contributed by atoms with Gasteiger partial charge in [-0.1, -0.05) is 12.1 Å². The lowest BCUT2D eigenvalue weighted by Gasteiger charge is -2.31. The lowest BCUT2D eigenvalue weighted by Crippen LogP contribution is -2.40. The standard InChI is InChI=1S/C25H31N3O5S/c1-32-21-7-5-6-20(18-21)8-11-25(29)26-23-19-22(34(30,31)28-14-16-33-17-15-28)9-10-24(23)27-12-3-2-4-13-27/h5-11,18-19H,2-4,12-17H2,1H3,(H,26,29)/b11-8+. The van der Waals surface area contributed by atoms with Gasteiger partial charge in [-0.25, -0.2) is 8.42 Å². The molecule has 8 nitrogen and oxygen atoms in total. The predicted molar refractivity (Wildman–Crippen MR) is 133 cm³/mol. The second-order valence-electron chi connectivity index (χ2n) is 8.34. The maximum absolute atomic E-state index is 13.2. The lowest BCUT2D eigenvalue weighted by molar-refractivity contribution is -0.111. The Hall–Kier alpha value is -2.88. The number of amides is 1. The largest absolute Gasteiger partial charge is 0.497 e. The van der Waals surface area contributed by atoms with Gasteiger partial charge < -0.3 is 19.7 Å². The summed E-state index contributed by atoms with van der Waals surface area (Å²) in [5.74, 6) is 0.373. The quantitative estimate of drug-likeness (QED) is 0.605. The van der Waals surface area contributed by atoms with Crippen LogP contribution in [0.15, 0.2) is 53.4 Å². The summed E-state index contributed by atoms with van der Waals surface area (Å²) in [5.41, 5.74) is 2.16. The first-order valence-corrected chi connectivity index (χ1v) is 13.0. The van der Waals surface area contributed by atoms with Crippen molar-refractivity contribution in [1.29, 1.82) is 0 Å². The topological polar surface area (TPSA) is 88.2 Å². The number of methoxy groups -OCH3 is 1. The molecule has 4 rings (SSSR count). The van der Waals surface area contributed by atoms with Gasteiger partial charge in [-0.05, 0) is 61.2 Å². The average Bonchev–Trinajstić information content (AvgIpc) is 2.88. The van der Waals surface area contributed by atoms with Gasteiger partial charge in [-0.15, -0.1) is 0 Å². The SMILES string of the molecule is COc1cccc(/C=C/C(=O)Nc2cc(S(=O)(=O)N3CCOCC3)ccc2N2CCCCC2)c1. The van der Waals surface area contributed by atoms with Crippen molar-refractivity contribution in [3.8, 4) is 5.75 Å². The highest BCUT2D eigenvalue weighted by Crippen LogP contribution is 2.32. The lowest BCUT2D eigenvalue weighted by atomic mass is 10.1. The fourth-order valence-electron chi connectivity index (χ4n) is 4.21. The molecule has 2 aliphatic heterocycles. The number of morpholine rings is 1. The number of carbonyl (C=O) groups excluding carboxylic acids is 1. The fourth-order valence-corrected chi connectivity index (χ4v) is 5.65. The zero-order valence-electron chi connectivity index (χ0n) is 19.4. The molecule has 0 unspecified atom stereocenters. The zero-order valence-corrected chi connectivity index (χ0v) is 20.2. The Morgan fingerprint density at radius 1 is 1.03 bits per heavy atom. The number of hydrogen-bond acceptors (Lipinski definition) is 6. The van der Waals surface area contributed by atoms with E-state index in [0.29, 0.717) is 37.7 Å². The summed E-state index contributed by atoms with van der Waals surface area (Å²) in [5, 5.41) is 2.92. The smallest absolute Gasteiger partial charge is 0.248 e. The molecule has 1 N–H and O–H groups in total. The molecule has 2 heterocycles. The summed E-state index contributed by atoms with van der Waals surface area (Å²) in [4.78, 5) is 15.2. The minimum Gasteiger partial charge on any atom is -0.497 e. The highest BCUT2D eigenvalue weighted by Gasteiger charge is 2.28. The number of anilines is 2. The van der Waals surface area contributed by atoms with Gasteiger partial charge in [0.2, 0.25) is 15.9 Å². The van der Waals surface area contributed by atoms with Crippen molar-refractivity contribution >= 4 is 33.4 Å². The summed E-state index contributed by atoms with van der Waals surface area (Å²) < 4.78 is 38.4. The molecule has 2 aliphatic rings. The Morgan fingerprint density at radius 3 is 2.53 bits per heavy atom. The third kappa shape index (κ3) is 5.78. The number of piperidine rings is 1. The predicted octanol–water partition coefficient (Wildman–Crippen LogP) is 3.36. The van der Waals surface area contributed by atoms with Crippen LogP contribution in [0.25, 0.3) is 6.08 Å². The van der Waals surface area contributed by atoms with Crippen LogP contribution in [0.4, 0.5) is 11.4 Å². The summed E-state index contributed by atoms with van der Waals surface area (Å²) in [6, 6.07) is 12.4. The molecule has 2 saturated heterocycles. The minimum absolute atomic E-state index is 0.169. The maximum atomic E-state index is 13.2. The molecular formula is C25H31N3O5S. The molecule has 0 saturated carbocycles. The van der Waals surface area contributed by atoms with E-state index in [2.05, 4.69) is 10.2 Å². The van der Waals surface area contributed by atoms with Crippen molar-refractivity contribution < 1.29 is 22.7 Å². The van der Waals surface area contributed by atoms with Crippen LogP contribution in [0.3, 0.4) is 0 Å². The van der Waals surface area contributed by atoms with Gasteiger partial charge in [-0.2, -0.15) is 4.31 Å². The molecule has 2 fully saturated rings. The number of nitrogens with zero attached hydrogens (tertiary/aromatic N) is 2. The second kappa shape index (κ2) is 11.0. The van der Waals surface area contributed by atoms with Crippen LogP contribution >= 0.6 is 0 Å². The number of ether oxygens (including phenoxy) is 2. The first kappa shape index (κ1) is 24.3. The molecule has 0 bridgehead atoms. The molecular weight excluding hydrogens is 454 g/mol. The zero-order chi connectivity index (χ0) is 24.0. The van der Waals surface area contributed by atoms with Crippen LogP contribution in [0, 0.1) is 0 Å². The summed E-state index contributed by atoms with van der Waals surface area (Å²) >= 11 is 0. The normalized spacial score (nSPS) is 17.6.